The SMILES string of the molecule is CCOP(=O)(OCC)S(=O)(=O)c1ccc(C)cc1. The van der Waals surface area contributed by atoms with Crippen molar-refractivity contribution in [2.24, 2.45) is 0 Å². The highest BCUT2D eigenvalue weighted by Gasteiger charge is 2.42. The summed E-state index contributed by atoms with van der Waals surface area (Å²) in [5, 5.41) is 0. The van der Waals surface area contributed by atoms with Gasteiger partial charge in [-0.15, -0.1) is 0 Å². The molecule has 0 fully saturated rings. The Balaban J connectivity index is 3.25. The van der Waals surface area contributed by atoms with Gasteiger partial charge in [-0.25, -0.2) is 13.0 Å². The molecule has 0 unspecified atom stereocenters. The molecule has 0 saturated carbocycles. The van der Waals surface area contributed by atoms with Gasteiger partial charge < -0.3 is 0 Å². The molecule has 5 nitrogen and oxygen atoms in total. The Bertz CT molecular complexity index is 525. The van der Waals surface area contributed by atoms with Gasteiger partial charge in [0.05, 0.1) is 18.1 Å². The second-order valence-corrected chi connectivity index (χ2v) is 9.19. The Morgan fingerprint density at radius 2 is 1.50 bits per heavy atom. The summed E-state index contributed by atoms with van der Waals surface area (Å²) in [6.07, 6.45) is 0. The fraction of sp³-hybridized carbons (Fsp3) is 0.455. The van der Waals surface area contributed by atoms with Crippen LogP contribution in [-0.2, 0) is 23.1 Å². The van der Waals surface area contributed by atoms with Crippen molar-refractivity contribution in [3.8, 4) is 0 Å². The van der Waals surface area contributed by atoms with Gasteiger partial charge in [0, 0.05) is 0 Å². The van der Waals surface area contributed by atoms with Crippen molar-refractivity contribution >= 4 is 16.3 Å². The molecular formula is C11H17O5PS. The second kappa shape index (κ2) is 5.97. The highest BCUT2D eigenvalue weighted by molar-refractivity contribution is 8.49. The van der Waals surface area contributed by atoms with Crippen LogP contribution in [0.4, 0.5) is 0 Å². The molecule has 0 bridgehead atoms. The van der Waals surface area contributed by atoms with Gasteiger partial charge in [0.1, 0.15) is 0 Å². The van der Waals surface area contributed by atoms with E-state index in [-0.39, 0.29) is 18.1 Å². The summed E-state index contributed by atoms with van der Waals surface area (Å²) in [5.41, 5.74) is 0.914. The van der Waals surface area contributed by atoms with Crippen LogP contribution in [-0.4, -0.2) is 21.6 Å². The number of hydrogen-bond donors (Lipinski definition) is 0. The second-order valence-electron chi connectivity index (χ2n) is 3.57. The van der Waals surface area contributed by atoms with Gasteiger partial charge in [0.15, 0.2) is 0 Å². The summed E-state index contributed by atoms with van der Waals surface area (Å²) in [6, 6.07) is 6.06. The van der Waals surface area contributed by atoms with Crippen LogP contribution >= 0.6 is 6.80 Å². The van der Waals surface area contributed by atoms with E-state index in [1.807, 2.05) is 6.92 Å². The van der Waals surface area contributed by atoms with E-state index in [0.717, 1.165) is 5.56 Å². The molecule has 0 heterocycles. The maximum absolute atomic E-state index is 12.3. The van der Waals surface area contributed by atoms with Crippen LogP contribution in [0.5, 0.6) is 0 Å². The van der Waals surface area contributed by atoms with Crippen LogP contribution in [0.25, 0.3) is 0 Å². The molecule has 102 valence electrons. The zero-order chi connectivity index (χ0) is 13.8. The standard InChI is InChI=1S/C11H17O5PS/c1-4-15-17(12,16-5-2)18(13,14)11-8-6-10(3)7-9-11/h6-9H,4-5H2,1-3H3. The van der Waals surface area contributed by atoms with Gasteiger partial charge in [0.2, 0.25) is 0 Å². The lowest BCUT2D eigenvalue weighted by molar-refractivity contribution is 0.234. The lowest BCUT2D eigenvalue weighted by atomic mass is 10.2. The quantitative estimate of drug-likeness (QED) is 0.754. The van der Waals surface area contributed by atoms with Crippen LogP contribution in [0.15, 0.2) is 29.2 Å². The Morgan fingerprint density at radius 1 is 1.06 bits per heavy atom. The van der Waals surface area contributed by atoms with Gasteiger partial charge >= 0.3 is 6.80 Å². The normalized spacial score (nSPS) is 12.6. The van der Waals surface area contributed by atoms with Crippen molar-refractivity contribution in [3.63, 3.8) is 0 Å². The van der Waals surface area contributed by atoms with E-state index in [2.05, 4.69) is 0 Å². The van der Waals surface area contributed by atoms with Crippen LogP contribution in [0, 0.1) is 6.92 Å². The molecule has 1 aromatic rings. The van der Waals surface area contributed by atoms with Gasteiger partial charge in [-0.05, 0) is 32.9 Å². The minimum Gasteiger partial charge on any atom is -0.298 e. The van der Waals surface area contributed by atoms with Crippen LogP contribution < -0.4 is 0 Å². The average molecular weight is 292 g/mol. The largest absolute Gasteiger partial charge is 0.449 e. The van der Waals surface area contributed by atoms with Gasteiger partial charge in [-0.1, -0.05) is 17.7 Å². The van der Waals surface area contributed by atoms with E-state index < -0.39 is 16.3 Å². The zero-order valence-electron chi connectivity index (χ0n) is 10.6. The first kappa shape index (κ1) is 15.4. The minimum absolute atomic E-state index is 0.00235. The third-order valence-corrected chi connectivity index (χ3v) is 7.82. The zero-order valence-corrected chi connectivity index (χ0v) is 12.3. The molecule has 0 amide bonds. The van der Waals surface area contributed by atoms with Crippen LogP contribution in [0.3, 0.4) is 0 Å². The first-order valence-corrected chi connectivity index (χ1v) is 9.21. The third-order valence-electron chi connectivity index (χ3n) is 2.19. The van der Waals surface area contributed by atoms with Gasteiger partial charge in [-0.2, -0.15) is 0 Å². The summed E-state index contributed by atoms with van der Waals surface area (Å²) >= 11 is 0. The lowest BCUT2D eigenvalue weighted by Gasteiger charge is -2.16. The molecule has 0 aliphatic rings. The molecule has 1 aromatic carbocycles. The number of aryl methyl sites for hydroxylation is 1. The van der Waals surface area contributed by atoms with Crippen molar-refractivity contribution in [1.29, 1.82) is 0 Å². The smallest absolute Gasteiger partial charge is 0.298 e. The van der Waals surface area contributed by atoms with E-state index in [1.165, 1.54) is 12.1 Å². The molecule has 0 saturated heterocycles. The maximum Gasteiger partial charge on any atom is 0.449 e. The Kier molecular flexibility index (Phi) is 5.10. The van der Waals surface area contributed by atoms with Crippen LogP contribution in [0.1, 0.15) is 19.4 Å². The van der Waals surface area contributed by atoms with Crippen molar-refractivity contribution in [3.05, 3.63) is 29.8 Å². The molecule has 0 N–H and O–H groups in total. The van der Waals surface area contributed by atoms with E-state index in [1.54, 1.807) is 26.0 Å². The van der Waals surface area contributed by atoms with E-state index in [0.29, 0.717) is 0 Å². The predicted molar refractivity (Wildman–Crippen MR) is 69.2 cm³/mol. The van der Waals surface area contributed by atoms with Crippen LogP contribution in [0.2, 0.25) is 0 Å². The summed E-state index contributed by atoms with van der Waals surface area (Å²) in [4.78, 5) is -0.0571. The summed E-state index contributed by atoms with van der Waals surface area (Å²) in [6.45, 7) is 0.784. The molecule has 0 spiro atoms. The summed E-state index contributed by atoms with van der Waals surface area (Å²) in [7, 11) is -4.13. The van der Waals surface area contributed by atoms with E-state index in [4.69, 9.17) is 9.05 Å². The lowest BCUT2D eigenvalue weighted by Crippen LogP contribution is -2.08. The van der Waals surface area contributed by atoms with Crippen molar-refractivity contribution in [2.45, 2.75) is 25.7 Å². The fourth-order valence-electron chi connectivity index (χ4n) is 1.33. The average Bonchev–Trinajstić information content (AvgIpc) is 2.30. The monoisotopic (exact) mass is 292 g/mol. The molecule has 0 aromatic heterocycles. The predicted octanol–water partition coefficient (Wildman–Crippen LogP) is 2.95. The fourth-order valence-corrected chi connectivity index (χ4v) is 5.66. The number of hydrogen-bond acceptors (Lipinski definition) is 5. The van der Waals surface area contributed by atoms with E-state index >= 15 is 0 Å². The Morgan fingerprint density at radius 3 is 1.89 bits per heavy atom. The molecule has 0 aliphatic carbocycles. The van der Waals surface area contributed by atoms with Crippen molar-refractivity contribution in [1.82, 2.24) is 0 Å². The third kappa shape index (κ3) is 3.01. The molecule has 1 rings (SSSR count). The maximum atomic E-state index is 12.3. The summed E-state index contributed by atoms with van der Waals surface area (Å²) < 4.78 is 46.5. The number of rotatable bonds is 6. The molecule has 7 heteroatoms. The highest BCUT2D eigenvalue weighted by atomic mass is 32.8. The van der Waals surface area contributed by atoms with E-state index in [9.17, 15) is 13.0 Å². The van der Waals surface area contributed by atoms with Gasteiger partial charge in [0.25, 0.3) is 9.46 Å². The Hall–Kier alpha value is -0.680. The van der Waals surface area contributed by atoms with Crippen molar-refractivity contribution < 1.29 is 22.0 Å². The molecule has 0 radical (unpaired) electrons. The Labute approximate surface area is 107 Å². The minimum atomic E-state index is -4.19. The highest BCUT2D eigenvalue weighted by Crippen LogP contribution is 2.57. The molecular weight excluding hydrogens is 275 g/mol. The first-order chi connectivity index (χ1) is 8.37. The van der Waals surface area contributed by atoms with Crippen molar-refractivity contribution in [2.75, 3.05) is 13.2 Å². The molecule has 18 heavy (non-hydrogen) atoms. The summed E-state index contributed by atoms with van der Waals surface area (Å²) in [5.74, 6) is 0. The first-order valence-electron chi connectivity index (χ1n) is 5.58. The number of benzene rings is 1. The molecule has 0 aliphatic heterocycles. The van der Waals surface area contributed by atoms with Gasteiger partial charge in [-0.3, -0.25) is 9.05 Å². The molecule has 0 atom stereocenters. The topological polar surface area (TPSA) is 69.7 Å².